The van der Waals surface area contributed by atoms with Crippen molar-refractivity contribution >= 4 is 62.7 Å². The standard InChI is InChI=1S/C10H8ClI2NO2/c1-5(11)4-14-10(16)7-2-6(12)3-8(13)9(7)15/h2-3,15H,1,4H2,(H,14,16). The summed E-state index contributed by atoms with van der Waals surface area (Å²) in [5.74, 6) is -0.380. The molecule has 2 N–H and O–H groups in total. The molecule has 0 saturated carbocycles. The maximum atomic E-state index is 11.7. The summed E-state index contributed by atoms with van der Waals surface area (Å²) >= 11 is 9.59. The molecule has 16 heavy (non-hydrogen) atoms. The van der Waals surface area contributed by atoms with Crippen LogP contribution >= 0.6 is 56.8 Å². The van der Waals surface area contributed by atoms with E-state index in [4.69, 9.17) is 11.6 Å². The van der Waals surface area contributed by atoms with Crippen molar-refractivity contribution in [3.05, 3.63) is 36.4 Å². The molecule has 0 unspecified atom stereocenters. The van der Waals surface area contributed by atoms with Crippen molar-refractivity contribution in [3.8, 4) is 5.75 Å². The second-order valence-electron chi connectivity index (χ2n) is 2.98. The predicted molar refractivity (Wildman–Crippen MR) is 80.9 cm³/mol. The van der Waals surface area contributed by atoms with Gasteiger partial charge in [0, 0.05) is 8.60 Å². The van der Waals surface area contributed by atoms with E-state index in [2.05, 4.69) is 34.5 Å². The number of carbonyl (C=O) groups excluding carboxylic acids is 1. The van der Waals surface area contributed by atoms with Crippen LogP contribution in [0.15, 0.2) is 23.7 Å². The van der Waals surface area contributed by atoms with E-state index in [1.165, 1.54) is 0 Å². The SMILES string of the molecule is C=C(Cl)CNC(=O)c1cc(I)cc(I)c1O. The molecular weight excluding hydrogens is 455 g/mol. The first kappa shape index (κ1) is 14.0. The third-order valence-electron chi connectivity index (χ3n) is 1.71. The highest BCUT2D eigenvalue weighted by atomic mass is 127. The number of hydrogen-bond acceptors (Lipinski definition) is 2. The summed E-state index contributed by atoms with van der Waals surface area (Å²) in [6.45, 7) is 3.65. The van der Waals surface area contributed by atoms with Gasteiger partial charge in [-0.05, 0) is 57.3 Å². The van der Waals surface area contributed by atoms with E-state index in [1.54, 1.807) is 12.1 Å². The van der Waals surface area contributed by atoms with E-state index in [0.717, 1.165) is 3.57 Å². The molecule has 0 fully saturated rings. The van der Waals surface area contributed by atoms with E-state index < -0.39 is 0 Å². The van der Waals surface area contributed by atoms with Gasteiger partial charge in [0.15, 0.2) is 0 Å². The lowest BCUT2D eigenvalue weighted by molar-refractivity contribution is 0.0955. The van der Waals surface area contributed by atoms with Gasteiger partial charge in [0.25, 0.3) is 5.91 Å². The molecule has 0 aromatic heterocycles. The van der Waals surface area contributed by atoms with Crippen LogP contribution in [0, 0.1) is 7.14 Å². The van der Waals surface area contributed by atoms with Crippen LogP contribution in [0.3, 0.4) is 0 Å². The van der Waals surface area contributed by atoms with Gasteiger partial charge in [-0.1, -0.05) is 18.2 Å². The zero-order chi connectivity index (χ0) is 12.3. The number of benzene rings is 1. The number of carbonyl (C=O) groups is 1. The van der Waals surface area contributed by atoms with Crippen molar-refractivity contribution in [2.75, 3.05) is 6.54 Å². The van der Waals surface area contributed by atoms with Crippen LogP contribution < -0.4 is 5.32 Å². The molecule has 0 aliphatic rings. The van der Waals surface area contributed by atoms with Crippen molar-refractivity contribution in [1.82, 2.24) is 5.32 Å². The fraction of sp³-hybridized carbons (Fsp3) is 0.100. The number of halogens is 3. The molecule has 3 nitrogen and oxygen atoms in total. The largest absolute Gasteiger partial charge is 0.506 e. The molecule has 1 aromatic rings. The van der Waals surface area contributed by atoms with E-state index in [1.807, 2.05) is 22.6 Å². The van der Waals surface area contributed by atoms with Crippen molar-refractivity contribution in [2.45, 2.75) is 0 Å². The summed E-state index contributed by atoms with van der Waals surface area (Å²) in [6, 6.07) is 3.40. The lowest BCUT2D eigenvalue weighted by atomic mass is 10.2. The third kappa shape index (κ3) is 3.77. The minimum absolute atomic E-state index is 0.0151. The fourth-order valence-corrected chi connectivity index (χ4v) is 2.92. The maximum absolute atomic E-state index is 11.7. The smallest absolute Gasteiger partial charge is 0.255 e. The second kappa shape index (κ2) is 6.06. The summed E-state index contributed by atoms with van der Waals surface area (Å²) in [5.41, 5.74) is 0.245. The van der Waals surface area contributed by atoms with Gasteiger partial charge in [-0.2, -0.15) is 0 Å². The molecule has 0 atom stereocenters. The molecule has 0 heterocycles. The van der Waals surface area contributed by atoms with Gasteiger partial charge in [0.1, 0.15) is 5.75 Å². The Balaban J connectivity index is 2.95. The molecule has 0 aliphatic carbocycles. The molecular formula is C10H8ClI2NO2. The van der Waals surface area contributed by atoms with Gasteiger partial charge >= 0.3 is 0 Å². The molecule has 0 spiro atoms. The fourth-order valence-electron chi connectivity index (χ4n) is 1.01. The first-order chi connectivity index (χ1) is 7.41. The molecule has 1 amide bonds. The van der Waals surface area contributed by atoms with Gasteiger partial charge in [-0.3, -0.25) is 4.79 Å². The average Bonchev–Trinajstić information content (AvgIpc) is 2.19. The van der Waals surface area contributed by atoms with E-state index in [0.29, 0.717) is 8.60 Å². The van der Waals surface area contributed by atoms with Crippen LogP contribution in [0.25, 0.3) is 0 Å². The lowest BCUT2D eigenvalue weighted by Gasteiger charge is -2.08. The predicted octanol–water partition coefficient (Wildman–Crippen LogP) is 3.08. The third-order valence-corrected chi connectivity index (χ3v) is 3.29. The molecule has 86 valence electrons. The Morgan fingerprint density at radius 1 is 1.50 bits per heavy atom. The van der Waals surface area contributed by atoms with Gasteiger partial charge in [-0.25, -0.2) is 0 Å². The van der Waals surface area contributed by atoms with E-state index >= 15 is 0 Å². The Kier molecular flexibility index (Phi) is 5.32. The van der Waals surface area contributed by atoms with Crippen LogP contribution in [0.5, 0.6) is 5.75 Å². The second-order valence-corrected chi connectivity index (χ2v) is 5.93. The van der Waals surface area contributed by atoms with Gasteiger partial charge in [-0.15, -0.1) is 0 Å². The molecule has 6 heteroatoms. The average molecular weight is 463 g/mol. The van der Waals surface area contributed by atoms with Crippen molar-refractivity contribution < 1.29 is 9.90 Å². The normalized spacial score (nSPS) is 9.94. The minimum Gasteiger partial charge on any atom is -0.506 e. The Morgan fingerprint density at radius 3 is 2.69 bits per heavy atom. The summed E-state index contributed by atoms with van der Waals surface area (Å²) in [5, 5.41) is 12.6. The van der Waals surface area contributed by atoms with Crippen LogP contribution in [0.2, 0.25) is 0 Å². The molecule has 0 bridgehead atoms. The first-order valence-electron chi connectivity index (χ1n) is 4.21. The molecule has 0 saturated heterocycles. The summed E-state index contributed by atoms with van der Waals surface area (Å²) < 4.78 is 1.52. The van der Waals surface area contributed by atoms with Crippen molar-refractivity contribution in [2.24, 2.45) is 0 Å². The minimum atomic E-state index is -0.365. The van der Waals surface area contributed by atoms with Crippen LogP contribution in [0.1, 0.15) is 10.4 Å². The highest BCUT2D eigenvalue weighted by Gasteiger charge is 2.14. The zero-order valence-electron chi connectivity index (χ0n) is 8.06. The van der Waals surface area contributed by atoms with Crippen LogP contribution in [-0.4, -0.2) is 17.6 Å². The van der Waals surface area contributed by atoms with Crippen molar-refractivity contribution in [1.29, 1.82) is 0 Å². The molecule has 0 radical (unpaired) electrons. The summed E-state index contributed by atoms with van der Waals surface area (Å²) in [6.07, 6.45) is 0. The topological polar surface area (TPSA) is 49.3 Å². The number of hydrogen-bond donors (Lipinski definition) is 2. The number of rotatable bonds is 3. The van der Waals surface area contributed by atoms with Gasteiger partial charge in [0.2, 0.25) is 0 Å². The molecule has 1 aromatic carbocycles. The highest BCUT2D eigenvalue weighted by molar-refractivity contribution is 14.1. The molecule has 1 rings (SSSR count). The summed E-state index contributed by atoms with van der Waals surface area (Å²) in [4.78, 5) is 11.7. The number of amides is 1. The maximum Gasteiger partial charge on any atom is 0.255 e. The Morgan fingerprint density at radius 2 is 2.12 bits per heavy atom. The Labute approximate surface area is 126 Å². The van der Waals surface area contributed by atoms with E-state index in [-0.39, 0.29) is 23.8 Å². The van der Waals surface area contributed by atoms with Crippen molar-refractivity contribution in [3.63, 3.8) is 0 Å². The molecule has 0 aliphatic heterocycles. The Bertz CT molecular complexity index is 449. The lowest BCUT2D eigenvalue weighted by Crippen LogP contribution is -2.24. The number of nitrogens with one attached hydrogen (secondary N) is 1. The highest BCUT2D eigenvalue weighted by Crippen LogP contribution is 2.26. The van der Waals surface area contributed by atoms with Gasteiger partial charge in [0.05, 0.1) is 15.7 Å². The number of phenolic OH excluding ortho intramolecular Hbond substituents is 1. The van der Waals surface area contributed by atoms with Gasteiger partial charge < -0.3 is 10.4 Å². The number of aromatic hydroxyl groups is 1. The Hall–Kier alpha value is -0.0200. The van der Waals surface area contributed by atoms with Crippen LogP contribution in [-0.2, 0) is 0 Å². The van der Waals surface area contributed by atoms with E-state index in [9.17, 15) is 9.90 Å². The first-order valence-corrected chi connectivity index (χ1v) is 6.75. The monoisotopic (exact) mass is 463 g/mol. The zero-order valence-corrected chi connectivity index (χ0v) is 13.1. The van der Waals surface area contributed by atoms with Crippen LogP contribution in [0.4, 0.5) is 0 Å². The summed E-state index contributed by atoms with van der Waals surface area (Å²) in [7, 11) is 0. The number of phenols is 1. The quantitative estimate of drug-likeness (QED) is 0.677.